The van der Waals surface area contributed by atoms with Gasteiger partial charge in [0.2, 0.25) is 5.91 Å². The lowest BCUT2D eigenvalue weighted by Gasteiger charge is -2.32. The van der Waals surface area contributed by atoms with Gasteiger partial charge in [-0.15, -0.1) is 0 Å². The lowest BCUT2D eigenvalue weighted by atomic mass is 9.78. The molecule has 1 amide bonds. The molecule has 0 unspecified atom stereocenters. The van der Waals surface area contributed by atoms with E-state index in [1.165, 1.54) is 6.07 Å². The van der Waals surface area contributed by atoms with Crippen LogP contribution in [0.3, 0.4) is 0 Å². The zero-order valence-corrected chi connectivity index (χ0v) is 21.7. The highest BCUT2D eigenvalue weighted by molar-refractivity contribution is 5.96. The van der Waals surface area contributed by atoms with Gasteiger partial charge in [-0.25, -0.2) is 4.39 Å². The number of carbonyl (C=O) groups is 2. The number of carboxylic acid groups (broad SMARTS) is 1. The average molecular weight is 483 g/mol. The predicted molar refractivity (Wildman–Crippen MR) is 140 cm³/mol. The molecule has 35 heavy (non-hydrogen) atoms. The van der Waals surface area contributed by atoms with Gasteiger partial charge in [-0.2, -0.15) is 0 Å². The van der Waals surface area contributed by atoms with Crippen molar-refractivity contribution in [2.24, 2.45) is 11.8 Å². The third-order valence-corrected chi connectivity index (χ3v) is 6.76. The Labute approximate surface area is 208 Å². The molecule has 2 aromatic carbocycles. The van der Waals surface area contributed by atoms with E-state index < -0.39 is 17.2 Å². The number of nitrogens with zero attached hydrogens (tertiary/aromatic N) is 1. The van der Waals surface area contributed by atoms with Crippen LogP contribution in [0.5, 0.6) is 0 Å². The number of aliphatic carboxylic acids is 1. The monoisotopic (exact) mass is 482 g/mol. The number of hydrogen-bond donors (Lipinski definition) is 2. The van der Waals surface area contributed by atoms with E-state index in [0.29, 0.717) is 35.9 Å². The van der Waals surface area contributed by atoms with Crippen molar-refractivity contribution in [1.29, 1.82) is 0 Å². The number of rotatable bonds is 10. The molecular weight excluding hydrogens is 443 g/mol. The second kappa shape index (κ2) is 11.2. The molecule has 0 bridgehead atoms. The molecule has 1 aliphatic rings. The van der Waals surface area contributed by atoms with Gasteiger partial charge in [0.25, 0.3) is 0 Å². The van der Waals surface area contributed by atoms with Gasteiger partial charge in [0.05, 0.1) is 23.2 Å². The minimum atomic E-state index is -0.929. The second-order valence-corrected chi connectivity index (χ2v) is 10.8. The summed E-state index contributed by atoms with van der Waals surface area (Å²) in [6, 6.07) is 10.6. The van der Waals surface area contributed by atoms with Gasteiger partial charge in [0, 0.05) is 13.1 Å². The van der Waals surface area contributed by atoms with Crippen molar-refractivity contribution in [2.45, 2.75) is 72.1 Å². The number of carboxylic acids is 1. The Kier molecular flexibility index (Phi) is 8.57. The lowest BCUT2D eigenvalue weighted by Crippen LogP contribution is -2.34. The normalized spacial score (nSPS) is 15.0. The fraction of sp³-hybridized carbons (Fsp3) is 0.517. The number of aryl methyl sites for hydroxylation is 1. The first-order chi connectivity index (χ1) is 16.5. The molecule has 0 spiro atoms. The Hall–Kier alpha value is -2.89. The molecular formula is C29H39FN2O3. The van der Waals surface area contributed by atoms with E-state index in [9.17, 15) is 19.1 Å². The first-order valence-corrected chi connectivity index (χ1v) is 12.7. The van der Waals surface area contributed by atoms with Crippen LogP contribution in [-0.4, -0.2) is 30.1 Å². The van der Waals surface area contributed by atoms with Crippen LogP contribution in [0.15, 0.2) is 36.4 Å². The quantitative estimate of drug-likeness (QED) is 0.415. The van der Waals surface area contributed by atoms with Gasteiger partial charge < -0.3 is 15.3 Å². The summed E-state index contributed by atoms with van der Waals surface area (Å²) in [5.74, 6) is -0.734. The Morgan fingerprint density at radius 3 is 2.20 bits per heavy atom. The zero-order chi connectivity index (χ0) is 25.8. The first-order valence-electron chi connectivity index (χ1n) is 12.7. The van der Waals surface area contributed by atoms with Gasteiger partial charge in [-0.05, 0) is 66.5 Å². The molecule has 6 heteroatoms. The summed E-state index contributed by atoms with van der Waals surface area (Å²) in [5.41, 5.74) is 2.39. The maximum Gasteiger partial charge on any atom is 0.314 e. The number of amides is 1. The van der Waals surface area contributed by atoms with Crippen LogP contribution < -0.4 is 10.2 Å². The molecule has 2 N–H and O–H groups in total. The minimum absolute atomic E-state index is 0.0891. The number of carbonyl (C=O) groups excluding carboxylic acids is 1. The van der Waals surface area contributed by atoms with Crippen LogP contribution in [0.2, 0.25) is 0 Å². The molecule has 0 aliphatic heterocycles. The molecule has 1 aliphatic carbocycles. The van der Waals surface area contributed by atoms with Gasteiger partial charge in [0.15, 0.2) is 0 Å². The highest BCUT2D eigenvalue weighted by Crippen LogP contribution is 2.43. The summed E-state index contributed by atoms with van der Waals surface area (Å²) >= 11 is 0. The van der Waals surface area contributed by atoms with E-state index in [-0.39, 0.29) is 12.3 Å². The topological polar surface area (TPSA) is 69.6 Å². The van der Waals surface area contributed by atoms with E-state index in [1.807, 2.05) is 25.1 Å². The second-order valence-electron chi connectivity index (χ2n) is 10.8. The smallest absolute Gasteiger partial charge is 0.314 e. The number of nitrogens with one attached hydrogen (secondary N) is 1. The molecule has 0 heterocycles. The van der Waals surface area contributed by atoms with Gasteiger partial charge in [-0.1, -0.05) is 58.7 Å². The van der Waals surface area contributed by atoms with Crippen LogP contribution in [-0.2, 0) is 21.4 Å². The molecule has 0 aromatic heterocycles. The van der Waals surface area contributed by atoms with Crippen LogP contribution in [0.1, 0.15) is 70.1 Å². The molecule has 190 valence electrons. The third-order valence-electron chi connectivity index (χ3n) is 6.76. The summed E-state index contributed by atoms with van der Waals surface area (Å²) in [4.78, 5) is 27.7. The SMILES string of the molecule is Cc1ccc(CC(=O)Nc2cc(C3(C(=O)O)CCCC3)ccc2N(CC(C)C)CC(C)C)c(F)c1. The number of anilines is 2. The number of halogens is 1. The van der Waals surface area contributed by atoms with Crippen LogP contribution in [0.4, 0.5) is 15.8 Å². The van der Waals surface area contributed by atoms with Crippen molar-refractivity contribution in [1.82, 2.24) is 0 Å². The molecule has 1 saturated carbocycles. The van der Waals surface area contributed by atoms with Gasteiger partial charge in [-0.3, -0.25) is 9.59 Å². The molecule has 3 rings (SSSR count). The van der Waals surface area contributed by atoms with Crippen molar-refractivity contribution in [3.05, 3.63) is 58.9 Å². The number of hydrogen-bond acceptors (Lipinski definition) is 3. The molecule has 1 fully saturated rings. The summed E-state index contributed by atoms with van der Waals surface area (Å²) in [6.45, 7) is 12.0. The van der Waals surface area contributed by atoms with Crippen LogP contribution in [0, 0.1) is 24.6 Å². The predicted octanol–water partition coefficient (Wildman–Crippen LogP) is 6.33. The van der Waals surface area contributed by atoms with E-state index in [1.54, 1.807) is 12.1 Å². The van der Waals surface area contributed by atoms with Crippen molar-refractivity contribution in [2.75, 3.05) is 23.3 Å². The lowest BCUT2D eigenvalue weighted by molar-refractivity contribution is -0.143. The molecule has 2 aromatic rings. The van der Waals surface area contributed by atoms with Gasteiger partial charge in [0.1, 0.15) is 5.82 Å². The Bertz CT molecular complexity index is 1050. The summed E-state index contributed by atoms with van der Waals surface area (Å²) in [6.07, 6.45) is 2.83. The zero-order valence-electron chi connectivity index (χ0n) is 21.7. The standard InChI is InChI=1S/C29H39FN2O3/c1-19(2)17-32(18-20(3)4)26-11-10-23(29(28(34)35)12-6-7-13-29)16-25(26)31-27(33)15-22-9-8-21(5)14-24(22)30/h8-11,14,16,19-20H,6-7,12-13,15,17-18H2,1-5H3,(H,31,33)(H,34,35). The Balaban J connectivity index is 2.01. The number of benzene rings is 2. The van der Waals surface area contributed by atoms with E-state index in [0.717, 1.165) is 42.7 Å². The fourth-order valence-corrected chi connectivity index (χ4v) is 5.13. The van der Waals surface area contributed by atoms with E-state index >= 15 is 0 Å². The third kappa shape index (κ3) is 6.41. The summed E-state index contributed by atoms with van der Waals surface area (Å²) in [7, 11) is 0. The molecule has 0 radical (unpaired) electrons. The molecule has 0 saturated heterocycles. The van der Waals surface area contributed by atoms with Crippen molar-refractivity contribution in [3.8, 4) is 0 Å². The van der Waals surface area contributed by atoms with Crippen molar-refractivity contribution >= 4 is 23.3 Å². The van der Waals surface area contributed by atoms with E-state index in [4.69, 9.17) is 0 Å². The fourth-order valence-electron chi connectivity index (χ4n) is 5.13. The van der Waals surface area contributed by atoms with Crippen LogP contribution >= 0.6 is 0 Å². The first kappa shape index (κ1) is 26.7. The maximum absolute atomic E-state index is 14.4. The highest BCUT2D eigenvalue weighted by atomic mass is 19.1. The van der Waals surface area contributed by atoms with Crippen molar-refractivity contribution in [3.63, 3.8) is 0 Å². The Morgan fingerprint density at radius 1 is 1.03 bits per heavy atom. The van der Waals surface area contributed by atoms with Gasteiger partial charge >= 0.3 is 5.97 Å². The molecule has 5 nitrogen and oxygen atoms in total. The molecule has 0 atom stereocenters. The summed E-state index contributed by atoms with van der Waals surface area (Å²) < 4.78 is 14.4. The Morgan fingerprint density at radius 2 is 1.66 bits per heavy atom. The minimum Gasteiger partial charge on any atom is -0.481 e. The van der Waals surface area contributed by atoms with E-state index in [2.05, 4.69) is 37.9 Å². The largest absolute Gasteiger partial charge is 0.481 e. The summed E-state index contributed by atoms with van der Waals surface area (Å²) in [5, 5.41) is 13.1. The maximum atomic E-state index is 14.4. The highest BCUT2D eigenvalue weighted by Gasteiger charge is 2.43. The average Bonchev–Trinajstić information content (AvgIpc) is 3.26. The van der Waals surface area contributed by atoms with Crippen molar-refractivity contribution < 1.29 is 19.1 Å². The van der Waals surface area contributed by atoms with Crippen LogP contribution in [0.25, 0.3) is 0 Å².